The third-order valence-corrected chi connectivity index (χ3v) is 9.33. The Hall–Kier alpha value is -2.44. The molecule has 1 aliphatic heterocycles. The van der Waals surface area contributed by atoms with Crippen molar-refractivity contribution in [3.63, 3.8) is 0 Å². The van der Waals surface area contributed by atoms with Crippen LogP contribution in [0.25, 0.3) is 0 Å². The SMILES string of the molecule is CNC(=O)NC(C)(C)C(=O)CC1(C)C(=O)NC(C)(C)/C(C)=C(\C)C(=O)CC(C)(C)C(C)(C)C(C)=C1C. The summed E-state index contributed by atoms with van der Waals surface area (Å²) < 4.78 is 0. The minimum absolute atomic E-state index is 0.0684. The number of allylic oxidation sites excluding steroid dienone is 2. The highest BCUT2D eigenvalue weighted by molar-refractivity contribution is 5.99. The van der Waals surface area contributed by atoms with Crippen LogP contribution in [0.5, 0.6) is 0 Å². The molecule has 204 valence electrons. The zero-order chi connectivity index (χ0) is 28.7. The maximum absolute atomic E-state index is 14.1. The van der Waals surface area contributed by atoms with E-state index in [0.717, 1.165) is 16.7 Å². The maximum Gasteiger partial charge on any atom is 0.315 e. The summed E-state index contributed by atoms with van der Waals surface area (Å²) in [5.74, 6) is -0.474. The van der Waals surface area contributed by atoms with E-state index in [2.05, 4.69) is 43.6 Å². The molecule has 1 heterocycles. The Balaban J connectivity index is 3.87. The molecule has 0 aromatic carbocycles. The summed E-state index contributed by atoms with van der Waals surface area (Å²) in [6, 6.07) is -0.463. The number of hydrogen-bond acceptors (Lipinski definition) is 4. The lowest BCUT2D eigenvalue weighted by atomic mass is 9.58. The van der Waals surface area contributed by atoms with Gasteiger partial charge in [-0.05, 0) is 84.3 Å². The molecule has 7 nitrogen and oxygen atoms in total. The first-order valence-corrected chi connectivity index (χ1v) is 12.7. The molecule has 0 saturated heterocycles. The minimum atomic E-state index is -1.18. The largest absolute Gasteiger partial charge is 0.347 e. The second-order valence-corrected chi connectivity index (χ2v) is 12.9. The highest BCUT2D eigenvalue weighted by Crippen LogP contribution is 2.51. The summed E-state index contributed by atoms with van der Waals surface area (Å²) in [5, 5.41) is 8.31. The molecule has 1 unspecified atom stereocenters. The van der Waals surface area contributed by atoms with Gasteiger partial charge in [0.15, 0.2) is 11.6 Å². The Morgan fingerprint density at radius 2 is 1.39 bits per heavy atom. The zero-order valence-electron chi connectivity index (χ0n) is 25.0. The van der Waals surface area contributed by atoms with Crippen LogP contribution in [0.3, 0.4) is 0 Å². The number of nitrogens with one attached hydrogen (secondary N) is 3. The molecule has 0 radical (unpaired) electrons. The monoisotopic (exact) mass is 503 g/mol. The van der Waals surface area contributed by atoms with Crippen molar-refractivity contribution in [3.8, 4) is 0 Å². The van der Waals surface area contributed by atoms with Gasteiger partial charge < -0.3 is 16.0 Å². The first-order valence-electron chi connectivity index (χ1n) is 12.7. The Kier molecular flexibility index (Phi) is 8.90. The number of ketones is 2. The molecule has 0 aromatic rings. The highest BCUT2D eigenvalue weighted by atomic mass is 16.2. The van der Waals surface area contributed by atoms with E-state index in [1.165, 1.54) is 7.05 Å². The van der Waals surface area contributed by atoms with Gasteiger partial charge in [0, 0.05) is 19.9 Å². The molecule has 0 spiro atoms. The van der Waals surface area contributed by atoms with Crippen LogP contribution in [-0.2, 0) is 14.4 Å². The van der Waals surface area contributed by atoms with E-state index in [1.54, 1.807) is 20.8 Å². The van der Waals surface area contributed by atoms with Crippen LogP contribution in [0.1, 0.15) is 103 Å². The molecular formula is C29H49N3O4. The number of carbonyl (C=O) groups is 4. The molecule has 0 bridgehead atoms. The molecule has 0 saturated carbocycles. The molecule has 7 heteroatoms. The number of rotatable bonds is 4. The van der Waals surface area contributed by atoms with Gasteiger partial charge in [0.05, 0.1) is 16.5 Å². The van der Waals surface area contributed by atoms with Crippen LogP contribution >= 0.6 is 0 Å². The van der Waals surface area contributed by atoms with E-state index in [0.29, 0.717) is 12.0 Å². The van der Waals surface area contributed by atoms with Gasteiger partial charge in [-0.25, -0.2) is 4.79 Å². The topological polar surface area (TPSA) is 104 Å². The second-order valence-electron chi connectivity index (χ2n) is 12.9. The van der Waals surface area contributed by atoms with Gasteiger partial charge >= 0.3 is 6.03 Å². The molecule has 36 heavy (non-hydrogen) atoms. The van der Waals surface area contributed by atoms with Gasteiger partial charge in [0.25, 0.3) is 0 Å². The fraction of sp³-hybridized carbons (Fsp3) is 0.724. The first kappa shape index (κ1) is 31.6. The summed E-state index contributed by atoms with van der Waals surface area (Å²) in [6.07, 6.45) is 0.267. The van der Waals surface area contributed by atoms with Crippen LogP contribution in [0.4, 0.5) is 4.79 Å². The van der Waals surface area contributed by atoms with Gasteiger partial charge in [0.1, 0.15) is 0 Å². The Bertz CT molecular complexity index is 1010. The van der Waals surface area contributed by atoms with Crippen molar-refractivity contribution in [1.29, 1.82) is 0 Å². The summed E-state index contributed by atoms with van der Waals surface area (Å²) in [7, 11) is 1.49. The lowest BCUT2D eigenvalue weighted by Gasteiger charge is -2.46. The third-order valence-electron chi connectivity index (χ3n) is 9.33. The van der Waals surface area contributed by atoms with Crippen LogP contribution in [0.15, 0.2) is 22.3 Å². The molecule has 1 rings (SSSR count). The molecule has 1 atom stereocenters. The fourth-order valence-corrected chi connectivity index (χ4v) is 4.68. The van der Waals surface area contributed by atoms with E-state index in [4.69, 9.17) is 0 Å². The van der Waals surface area contributed by atoms with Gasteiger partial charge in [-0.1, -0.05) is 38.8 Å². The van der Waals surface area contributed by atoms with Crippen LogP contribution < -0.4 is 16.0 Å². The van der Waals surface area contributed by atoms with Crippen molar-refractivity contribution < 1.29 is 19.2 Å². The van der Waals surface area contributed by atoms with Crippen molar-refractivity contribution in [2.75, 3.05) is 7.05 Å². The number of amides is 3. The van der Waals surface area contributed by atoms with E-state index >= 15 is 0 Å². The molecule has 1 aliphatic rings. The summed E-state index contributed by atoms with van der Waals surface area (Å²) in [4.78, 5) is 52.9. The van der Waals surface area contributed by atoms with Gasteiger partial charge in [-0.3, -0.25) is 14.4 Å². The molecule has 3 N–H and O–H groups in total. The molecule has 0 aliphatic carbocycles. The van der Waals surface area contributed by atoms with Gasteiger partial charge in [-0.2, -0.15) is 0 Å². The smallest absolute Gasteiger partial charge is 0.315 e. The summed E-state index contributed by atoms with van der Waals surface area (Å²) in [5.41, 5.74) is -0.804. The van der Waals surface area contributed by atoms with Crippen molar-refractivity contribution in [2.24, 2.45) is 16.2 Å². The standard InChI is InChI=1S/C29H49N3O4/c1-17-18(2)27(9,10)31-23(35)29(13,16-22(34)28(11,12)32-24(36)30-14)20(4)19(3)26(7,8)25(5,6)15-21(17)33/h15-16H2,1-14H3,(H,31,35)(H2,30,32,36)/b18-17+,20-19?. The van der Waals surface area contributed by atoms with E-state index in [1.807, 2.05) is 41.5 Å². The lowest BCUT2D eigenvalue weighted by Crippen LogP contribution is -2.56. The molecule has 0 aromatic heterocycles. The fourth-order valence-electron chi connectivity index (χ4n) is 4.68. The minimum Gasteiger partial charge on any atom is -0.347 e. The zero-order valence-corrected chi connectivity index (χ0v) is 25.0. The summed E-state index contributed by atoms with van der Waals surface area (Å²) >= 11 is 0. The first-order chi connectivity index (χ1) is 16.0. The van der Waals surface area contributed by atoms with Crippen molar-refractivity contribution in [3.05, 3.63) is 22.3 Å². The van der Waals surface area contributed by atoms with Crippen molar-refractivity contribution in [2.45, 2.75) is 114 Å². The van der Waals surface area contributed by atoms with E-state index in [-0.39, 0.29) is 23.9 Å². The average molecular weight is 504 g/mol. The van der Waals surface area contributed by atoms with Crippen LogP contribution in [0.2, 0.25) is 0 Å². The Morgan fingerprint density at radius 1 is 0.889 bits per heavy atom. The van der Waals surface area contributed by atoms with Crippen LogP contribution in [-0.4, -0.2) is 41.6 Å². The molecule has 3 amide bonds. The lowest BCUT2D eigenvalue weighted by molar-refractivity contribution is -0.135. The third kappa shape index (κ3) is 5.92. The number of carbonyl (C=O) groups excluding carboxylic acids is 4. The predicted molar refractivity (Wildman–Crippen MR) is 146 cm³/mol. The van der Waals surface area contributed by atoms with Gasteiger partial charge in [-0.15, -0.1) is 0 Å². The quantitative estimate of drug-likeness (QED) is 0.456. The Labute approximate surface area is 218 Å². The van der Waals surface area contributed by atoms with Gasteiger partial charge in [0.2, 0.25) is 5.91 Å². The van der Waals surface area contributed by atoms with Crippen LogP contribution in [0, 0.1) is 16.2 Å². The van der Waals surface area contributed by atoms with Crippen molar-refractivity contribution >= 4 is 23.5 Å². The Morgan fingerprint density at radius 3 is 1.86 bits per heavy atom. The number of Topliss-reactive ketones (excluding diaryl/α,β-unsaturated/α-hetero) is 2. The molecule has 0 fully saturated rings. The maximum atomic E-state index is 14.1. The van der Waals surface area contributed by atoms with E-state index in [9.17, 15) is 19.2 Å². The average Bonchev–Trinajstić information content (AvgIpc) is 2.74. The summed E-state index contributed by atoms with van der Waals surface area (Å²) in [6.45, 7) is 24.8. The second kappa shape index (κ2) is 10.1. The van der Waals surface area contributed by atoms with Crippen molar-refractivity contribution in [1.82, 2.24) is 16.0 Å². The number of urea groups is 1. The number of hydrogen-bond donors (Lipinski definition) is 3. The normalized spacial score (nSPS) is 26.9. The van der Waals surface area contributed by atoms with E-state index < -0.39 is 33.4 Å². The predicted octanol–water partition coefficient (Wildman–Crippen LogP) is 5.25. The molecular weight excluding hydrogens is 454 g/mol. The highest BCUT2D eigenvalue weighted by Gasteiger charge is 2.48.